The molecule has 3 heteroatoms. The maximum atomic E-state index is 8.82. The fraction of sp³-hybridized carbons (Fsp3) is 0.0714. The second-order valence-electron chi connectivity index (χ2n) is 3.65. The van der Waals surface area contributed by atoms with Gasteiger partial charge in [0.25, 0.3) is 0 Å². The van der Waals surface area contributed by atoms with Gasteiger partial charge in [0, 0.05) is 15.8 Å². The normalized spacial score (nSPS) is 9.65. The summed E-state index contributed by atoms with van der Waals surface area (Å²) in [6, 6.07) is 17.9. The van der Waals surface area contributed by atoms with Gasteiger partial charge >= 0.3 is 0 Å². The van der Waals surface area contributed by atoms with Crippen molar-refractivity contribution >= 4 is 28.3 Å². The van der Waals surface area contributed by atoms with E-state index in [1.165, 1.54) is 3.57 Å². The molecule has 2 aromatic rings. The van der Waals surface area contributed by atoms with Gasteiger partial charge in [0.15, 0.2) is 0 Å². The topological polar surface area (TPSA) is 35.8 Å². The molecule has 0 bridgehead atoms. The van der Waals surface area contributed by atoms with Crippen molar-refractivity contribution in [2.24, 2.45) is 0 Å². The lowest BCUT2D eigenvalue weighted by Gasteiger charge is -2.08. The number of para-hydroxylation sites is 1. The lowest BCUT2D eigenvalue weighted by atomic mass is 10.1. The summed E-state index contributed by atoms with van der Waals surface area (Å²) in [4.78, 5) is 0. The van der Waals surface area contributed by atoms with Crippen LogP contribution in [0.1, 0.15) is 11.1 Å². The maximum absolute atomic E-state index is 8.82. The highest BCUT2D eigenvalue weighted by Crippen LogP contribution is 2.18. The zero-order valence-corrected chi connectivity index (χ0v) is 11.3. The number of anilines is 1. The molecule has 0 aliphatic heterocycles. The molecule has 2 aromatic carbocycles. The Labute approximate surface area is 114 Å². The van der Waals surface area contributed by atoms with E-state index < -0.39 is 0 Å². The molecule has 2 rings (SSSR count). The minimum atomic E-state index is 0.701. The SMILES string of the molecule is N#Cc1cccc(CNc2ccccc2I)c1. The molecule has 0 radical (unpaired) electrons. The molecule has 0 saturated carbocycles. The third-order valence-corrected chi connectivity index (χ3v) is 3.35. The van der Waals surface area contributed by atoms with Crippen molar-refractivity contribution in [1.29, 1.82) is 5.26 Å². The largest absolute Gasteiger partial charge is 0.380 e. The summed E-state index contributed by atoms with van der Waals surface area (Å²) < 4.78 is 1.20. The number of nitriles is 1. The van der Waals surface area contributed by atoms with E-state index in [2.05, 4.69) is 46.1 Å². The highest BCUT2D eigenvalue weighted by Gasteiger charge is 1.98. The molecular formula is C14H11IN2. The highest BCUT2D eigenvalue weighted by molar-refractivity contribution is 14.1. The highest BCUT2D eigenvalue weighted by atomic mass is 127. The standard InChI is InChI=1S/C14H11IN2/c15-13-6-1-2-7-14(13)17-10-12-5-3-4-11(8-12)9-16/h1-8,17H,10H2. The molecule has 0 aromatic heterocycles. The van der Waals surface area contributed by atoms with Crippen molar-refractivity contribution in [2.45, 2.75) is 6.54 Å². The van der Waals surface area contributed by atoms with Crippen LogP contribution in [0.2, 0.25) is 0 Å². The molecule has 17 heavy (non-hydrogen) atoms. The molecule has 2 nitrogen and oxygen atoms in total. The summed E-state index contributed by atoms with van der Waals surface area (Å²) >= 11 is 2.30. The van der Waals surface area contributed by atoms with Gasteiger partial charge in [0.1, 0.15) is 0 Å². The van der Waals surface area contributed by atoms with Crippen molar-refractivity contribution in [3.63, 3.8) is 0 Å². The molecule has 84 valence electrons. The van der Waals surface area contributed by atoms with Gasteiger partial charge in [-0.3, -0.25) is 0 Å². The Balaban J connectivity index is 2.08. The molecule has 0 atom stereocenters. The first kappa shape index (κ1) is 11.9. The molecule has 0 aliphatic carbocycles. The number of hydrogen-bond acceptors (Lipinski definition) is 2. The van der Waals surface area contributed by atoms with Crippen LogP contribution in [0.3, 0.4) is 0 Å². The Morgan fingerprint density at radius 2 is 1.94 bits per heavy atom. The fourth-order valence-corrected chi connectivity index (χ4v) is 2.13. The van der Waals surface area contributed by atoms with E-state index in [0.717, 1.165) is 17.8 Å². The number of rotatable bonds is 3. The average Bonchev–Trinajstić information content (AvgIpc) is 2.38. The van der Waals surface area contributed by atoms with E-state index in [1.807, 2.05) is 36.4 Å². The summed E-state index contributed by atoms with van der Waals surface area (Å²) in [6.07, 6.45) is 0. The van der Waals surface area contributed by atoms with Crippen LogP contribution in [0.5, 0.6) is 0 Å². The minimum absolute atomic E-state index is 0.701. The summed E-state index contributed by atoms with van der Waals surface area (Å²) in [5.74, 6) is 0. The van der Waals surface area contributed by atoms with Crippen molar-refractivity contribution in [2.75, 3.05) is 5.32 Å². The number of nitrogens with one attached hydrogen (secondary N) is 1. The first-order chi connectivity index (χ1) is 8.29. The maximum Gasteiger partial charge on any atom is 0.0991 e. The fourth-order valence-electron chi connectivity index (χ4n) is 1.55. The first-order valence-electron chi connectivity index (χ1n) is 5.27. The van der Waals surface area contributed by atoms with E-state index in [-0.39, 0.29) is 0 Å². The van der Waals surface area contributed by atoms with Crippen molar-refractivity contribution < 1.29 is 0 Å². The van der Waals surface area contributed by atoms with Gasteiger partial charge in [-0.1, -0.05) is 24.3 Å². The van der Waals surface area contributed by atoms with E-state index in [0.29, 0.717) is 5.56 Å². The van der Waals surface area contributed by atoms with E-state index >= 15 is 0 Å². The molecule has 0 aliphatic rings. The Morgan fingerprint density at radius 3 is 2.71 bits per heavy atom. The number of benzene rings is 2. The van der Waals surface area contributed by atoms with Gasteiger partial charge in [0.2, 0.25) is 0 Å². The van der Waals surface area contributed by atoms with Crippen molar-refractivity contribution in [3.8, 4) is 6.07 Å². The van der Waals surface area contributed by atoms with Crippen LogP contribution >= 0.6 is 22.6 Å². The Bertz CT molecular complexity index is 558. The molecule has 0 heterocycles. The van der Waals surface area contributed by atoms with E-state index in [4.69, 9.17) is 5.26 Å². The minimum Gasteiger partial charge on any atom is -0.380 e. The van der Waals surface area contributed by atoms with E-state index in [9.17, 15) is 0 Å². The van der Waals surface area contributed by atoms with Crippen LogP contribution in [0.4, 0.5) is 5.69 Å². The van der Waals surface area contributed by atoms with Crippen LogP contribution in [-0.4, -0.2) is 0 Å². The smallest absolute Gasteiger partial charge is 0.0991 e. The molecule has 0 amide bonds. The number of hydrogen-bond donors (Lipinski definition) is 1. The summed E-state index contributed by atoms with van der Waals surface area (Å²) in [5.41, 5.74) is 2.94. The zero-order valence-electron chi connectivity index (χ0n) is 9.15. The van der Waals surface area contributed by atoms with E-state index in [1.54, 1.807) is 0 Å². The molecule has 0 spiro atoms. The third-order valence-electron chi connectivity index (χ3n) is 2.41. The predicted molar refractivity (Wildman–Crippen MR) is 77.6 cm³/mol. The Morgan fingerprint density at radius 1 is 1.12 bits per heavy atom. The van der Waals surface area contributed by atoms with Crippen LogP contribution in [0, 0.1) is 14.9 Å². The lowest BCUT2D eigenvalue weighted by Crippen LogP contribution is -2.00. The Hall–Kier alpha value is -1.54. The molecule has 1 N–H and O–H groups in total. The van der Waals surface area contributed by atoms with Crippen LogP contribution in [-0.2, 0) is 6.54 Å². The first-order valence-corrected chi connectivity index (χ1v) is 6.35. The second kappa shape index (κ2) is 5.69. The van der Waals surface area contributed by atoms with Gasteiger partial charge < -0.3 is 5.32 Å². The average molecular weight is 334 g/mol. The number of nitrogens with zero attached hydrogens (tertiary/aromatic N) is 1. The second-order valence-corrected chi connectivity index (χ2v) is 4.81. The molecule has 0 unspecified atom stereocenters. The lowest BCUT2D eigenvalue weighted by molar-refractivity contribution is 1.14. The van der Waals surface area contributed by atoms with Crippen molar-refractivity contribution in [1.82, 2.24) is 0 Å². The summed E-state index contributed by atoms with van der Waals surface area (Å²) in [6.45, 7) is 0.732. The molecule has 0 fully saturated rings. The van der Waals surface area contributed by atoms with Gasteiger partial charge in [-0.15, -0.1) is 0 Å². The van der Waals surface area contributed by atoms with Gasteiger partial charge in [0.05, 0.1) is 11.6 Å². The Kier molecular flexibility index (Phi) is 3.99. The zero-order chi connectivity index (χ0) is 12.1. The quantitative estimate of drug-likeness (QED) is 0.868. The predicted octanol–water partition coefficient (Wildman–Crippen LogP) is 3.77. The van der Waals surface area contributed by atoms with Crippen LogP contribution in [0.15, 0.2) is 48.5 Å². The third kappa shape index (κ3) is 3.21. The summed E-state index contributed by atoms with van der Waals surface area (Å²) in [7, 11) is 0. The van der Waals surface area contributed by atoms with Gasteiger partial charge in [-0.2, -0.15) is 5.26 Å². The van der Waals surface area contributed by atoms with Crippen LogP contribution < -0.4 is 5.32 Å². The van der Waals surface area contributed by atoms with Gasteiger partial charge in [-0.05, 0) is 52.4 Å². The number of halogens is 1. The van der Waals surface area contributed by atoms with Crippen LogP contribution in [0.25, 0.3) is 0 Å². The van der Waals surface area contributed by atoms with Gasteiger partial charge in [-0.25, -0.2) is 0 Å². The van der Waals surface area contributed by atoms with Crippen molar-refractivity contribution in [3.05, 3.63) is 63.2 Å². The summed E-state index contributed by atoms with van der Waals surface area (Å²) in [5, 5.41) is 12.2. The molecular weight excluding hydrogens is 323 g/mol. The monoisotopic (exact) mass is 334 g/mol. The molecule has 0 saturated heterocycles.